The number of carbonyl (C=O) groups is 1. The second kappa shape index (κ2) is 7.58. The van der Waals surface area contributed by atoms with Crippen LogP contribution in [0, 0.1) is 50.7 Å². The number of fused-ring (bicyclic) bond motifs is 7. The molecule has 0 aliphatic heterocycles. The van der Waals surface area contributed by atoms with Crippen LogP contribution in [0.2, 0.25) is 0 Å². The van der Waals surface area contributed by atoms with Gasteiger partial charge in [0.05, 0.1) is 23.2 Å². The summed E-state index contributed by atoms with van der Waals surface area (Å²) in [6, 6.07) is 0. The predicted octanol–water partition coefficient (Wildman–Crippen LogP) is 4.15. The van der Waals surface area contributed by atoms with E-state index >= 15 is 0 Å². The third-order valence-electron chi connectivity index (χ3n) is 13.6. The lowest BCUT2D eigenvalue weighted by Crippen LogP contribution is -2.72. The molecule has 204 valence electrons. The maximum Gasteiger partial charge on any atom is 0.310 e. The van der Waals surface area contributed by atoms with Crippen molar-refractivity contribution in [3.05, 3.63) is 11.6 Å². The molecule has 5 aliphatic carbocycles. The summed E-state index contributed by atoms with van der Waals surface area (Å²) in [5.41, 5.74) is -2.63. The lowest BCUT2D eigenvalue weighted by atomic mass is 9.32. The number of aliphatic hydroxyl groups excluding tert-OH is 3. The molecule has 0 bridgehead atoms. The number of carboxylic acids is 1. The summed E-state index contributed by atoms with van der Waals surface area (Å²) in [6.07, 6.45) is 4.02. The van der Waals surface area contributed by atoms with Crippen molar-refractivity contribution in [3.8, 4) is 0 Å². The van der Waals surface area contributed by atoms with E-state index in [9.17, 15) is 30.3 Å². The first-order valence-electron chi connectivity index (χ1n) is 14.1. The van der Waals surface area contributed by atoms with E-state index in [1.54, 1.807) is 0 Å². The molecule has 36 heavy (non-hydrogen) atoms. The molecule has 6 nitrogen and oxygen atoms in total. The average molecular weight is 505 g/mol. The molecule has 0 aromatic rings. The summed E-state index contributed by atoms with van der Waals surface area (Å²) in [5.74, 6) is -1.10. The minimum atomic E-state index is -1.20. The van der Waals surface area contributed by atoms with Gasteiger partial charge in [-0.2, -0.15) is 0 Å². The Balaban J connectivity index is 1.67. The fourth-order valence-electron chi connectivity index (χ4n) is 10.9. The zero-order valence-electron chi connectivity index (χ0n) is 23.2. The van der Waals surface area contributed by atoms with Gasteiger partial charge < -0.3 is 25.5 Å². The number of aliphatic hydroxyl groups is 4. The van der Waals surface area contributed by atoms with Crippen LogP contribution in [-0.4, -0.2) is 55.4 Å². The molecule has 0 aromatic carbocycles. The van der Waals surface area contributed by atoms with Crippen molar-refractivity contribution >= 4 is 5.97 Å². The highest BCUT2D eigenvalue weighted by Gasteiger charge is 2.73. The Kier molecular flexibility index (Phi) is 5.61. The molecule has 0 heterocycles. The van der Waals surface area contributed by atoms with Gasteiger partial charge in [0.25, 0.3) is 0 Å². The van der Waals surface area contributed by atoms with Crippen LogP contribution in [0.25, 0.3) is 0 Å². The van der Waals surface area contributed by atoms with Crippen LogP contribution in [0.4, 0.5) is 0 Å². The van der Waals surface area contributed by atoms with Crippen LogP contribution >= 0.6 is 0 Å². The van der Waals surface area contributed by atoms with Crippen LogP contribution in [0.3, 0.4) is 0 Å². The number of rotatable bonds is 1. The molecule has 0 saturated heterocycles. The highest BCUT2D eigenvalue weighted by molar-refractivity contribution is 5.77. The van der Waals surface area contributed by atoms with Gasteiger partial charge in [0, 0.05) is 11.3 Å². The van der Waals surface area contributed by atoms with Gasteiger partial charge in [-0.05, 0) is 85.9 Å². The third-order valence-corrected chi connectivity index (χ3v) is 13.6. The molecule has 6 heteroatoms. The summed E-state index contributed by atoms with van der Waals surface area (Å²) in [7, 11) is 0. The van der Waals surface area contributed by atoms with Crippen molar-refractivity contribution in [1.82, 2.24) is 0 Å². The molecule has 2 unspecified atom stereocenters. The van der Waals surface area contributed by atoms with E-state index in [2.05, 4.69) is 26.8 Å². The highest BCUT2D eigenvalue weighted by atomic mass is 16.4. The van der Waals surface area contributed by atoms with Crippen molar-refractivity contribution in [2.75, 3.05) is 0 Å². The third kappa shape index (κ3) is 2.80. The summed E-state index contributed by atoms with van der Waals surface area (Å²) in [4.78, 5) is 12.8. The fourth-order valence-corrected chi connectivity index (χ4v) is 10.9. The van der Waals surface area contributed by atoms with E-state index in [1.165, 1.54) is 0 Å². The Morgan fingerprint density at radius 2 is 1.53 bits per heavy atom. The van der Waals surface area contributed by atoms with Gasteiger partial charge in [0.15, 0.2) is 0 Å². The SMILES string of the molecule is C[C@@H]1CC[C@]2(C(=O)O)CC[C@]3(C)C(=CCC4[C@]5(C)C(CC[C@]43C)C(C)(C)[C@H](O)[C@H](O)[C@H]5O)[C@@H]2[C@]1(C)O. The second-order valence-corrected chi connectivity index (χ2v) is 14.9. The monoisotopic (exact) mass is 504 g/mol. The van der Waals surface area contributed by atoms with E-state index < -0.39 is 52.0 Å². The van der Waals surface area contributed by atoms with Crippen LogP contribution in [0.5, 0.6) is 0 Å². The molecule has 0 radical (unpaired) electrons. The van der Waals surface area contributed by atoms with Crippen molar-refractivity contribution in [2.45, 2.75) is 117 Å². The molecule has 5 aliphatic rings. The van der Waals surface area contributed by atoms with Crippen LogP contribution in [-0.2, 0) is 4.79 Å². The van der Waals surface area contributed by atoms with E-state index in [0.717, 1.165) is 24.8 Å². The summed E-state index contributed by atoms with van der Waals surface area (Å²) in [6.45, 7) is 14.7. The molecule has 5 N–H and O–H groups in total. The van der Waals surface area contributed by atoms with Gasteiger partial charge >= 0.3 is 5.97 Å². The first-order chi connectivity index (χ1) is 16.4. The molecule has 0 aromatic heterocycles. The molecule has 12 atom stereocenters. The van der Waals surface area contributed by atoms with Gasteiger partial charge in [0.1, 0.15) is 6.10 Å². The second-order valence-electron chi connectivity index (χ2n) is 14.9. The number of carboxylic acid groups (broad SMARTS) is 1. The quantitative estimate of drug-likeness (QED) is 0.343. The smallest absolute Gasteiger partial charge is 0.310 e. The number of allylic oxidation sites excluding steroid dienone is 1. The molecule has 4 fully saturated rings. The standard InChI is InChI=1S/C30H48O6/c1-16-10-13-30(24(34)35)15-14-26(4)17(21(30)29(16,7)36)8-9-19-27(26,5)12-11-18-25(2,3)22(32)20(31)23(33)28(18,19)6/h8,16,18-23,31-33,36H,9-15H2,1-7H3,(H,34,35)/t16-,18?,19?,20+,21-,22-,23-,26-,27-,28+,29-,30+/m1/s1. The Hall–Kier alpha value is -0.950. The Bertz CT molecular complexity index is 986. The number of hydrogen-bond donors (Lipinski definition) is 5. The van der Waals surface area contributed by atoms with Crippen molar-refractivity contribution in [1.29, 1.82) is 0 Å². The van der Waals surface area contributed by atoms with Crippen molar-refractivity contribution < 1.29 is 30.3 Å². The zero-order valence-corrected chi connectivity index (χ0v) is 23.2. The summed E-state index contributed by atoms with van der Waals surface area (Å²) >= 11 is 0. The Morgan fingerprint density at radius 1 is 0.889 bits per heavy atom. The maximum absolute atomic E-state index is 12.8. The molecule has 0 amide bonds. The van der Waals surface area contributed by atoms with Crippen LogP contribution in [0.1, 0.15) is 93.4 Å². The average Bonchev–Trinajstić information content (AvgIpc) is 2.79. The fraction of sp³-hybridized carbons (Fsp3) is 0.900. The molecule has 5 rings (SSSR count). The van der Waals surface area contributed by atoms with Crippen molar-refractivity contribution in [3.63, 3.8) is 0 Å². The van der Waals surface area contributed by atoms with Crippen molar-refractivity contribution in [2.24, 2.45) is 50.7 Å². The minimum absolute atomic E-state index is 0.00890. The minimum Gasteiger partial charge on any atom is -0.481 e. The van der Waals surface area contributed by atoms with Gasteiger partial charge in [-0.15, -0.1) is 0 Å². The largest absolute Gasteiger partial charge is 0.481 e. The van der Waals surface area contributed by atoms with Gasteiger partial charge in [-0.3, -0.25) is 4.79 Å². The van der Waals surface area contributed by atoms with E-state index in [1.807, 2.05) is 27.7 Å². The van der Waals surface area contributed by atoms with Gasteiger partial charge in [-0.1, -0.05) is 53.2 Å². The lowest BCUT2D eigenvalue weighted by Gasteiger charge is -2.72. The first-order valence-corrected chi connectivity index (χ1v) is 14.1. The van der Waals surface area contributed by atoms with E-state index in [0.29, 0.717) is 25.7 Å². The molecule has 4 saturated carbocycles. The van der Waals surface area contributed by atoms with Gasteiger partial charge in [0.2, 0.25) is 0 Å². The normalized spacial score (nSPS) is 58.0. The lowest BCUT2D eigenvalue weighted by molar-refractivity contribution is -0.279. The van der Waals surface area contributed by atoms with E-state index in [-0.39, 0.29) is 28.6 Å². The molecular weight excluding hydrogens is 456 g/mol. The Morgan fingerprint density at radius 3 is 2.14 bits per heavy atom. The number of hydrogen-bond acceptors (Lipinski definition) is 5. The highest BCUT2D eigenvalue weighted by Crippen LogP contribution is 2.76. The number of aliphatic carboxylic acids is 1. The summed E-state index contributed by atoms with van der Waals surface area (Å²) in [5, 5.41) is 55.9. The van der Waals surface area contributed by atoms with Crippen LogP contribution in [0.15, 0.2) is 11.6 Å². The summed E-state index contributed by atoms with van der Waals surface area (Å²) < 4.78 is 0. The van der Waals surface area contributed by atoms with Crippen LogP contribution < -0.4 is 0 Å². The zero-order chi connectivity index (χ0) is 26.9. The first kappa shape index (κ1) is 26.6. The molecular formula is C30H48O6. The molecule has 0 spiro atoms. The predicted molar refractivity (Wildman–Crippen MR) is 137 cm³/mol. The Labute approximate surface area is 216 Å². The maximum atomic E-state index is 12.8. The van der Waals surface area contributed by atoms with Gasteiger partial charge in [-0.25, -0.2) is 0 Å². The topological polar surface area (TPSA) is 118 Å². The van der Waals surface area contributed by atoms with E-state index in [4.69, 9.17) is 0 Å².